The summed E-state index contributed by atoms with van der Waals surface area (Å²) < 4.78 is 25.9. The highest BCUT2D eigenvalue weighted by atomic mass is 35.5. The molecule has 8 heteroatoms. The topological polar surface area (TPSA) is 75.4 Å². The Balaban J connectivity index is 0.00000400. The van der Waals surface area contributed by atoms with Crippen LogP contribution >= 0.6 is 12.4 Å². The molecule has 0 aliphatic carbocycles. The standard InChI is InChI=1S/C13H17F2N3O2.ClH/c1-8(6-16)13(20)18(2)7-12(19)17-11-4-9(14)3-10(15)5-11;/h3-5,8H,6-7,16H2,1-2H3,(H,17,19);1H. The van der Waals surface area contributed by atoms with Crippen molar-refractivity contribution in [3.8, 4) is 0 Å². The molecule has 1 atom stereocenters. The van der Waals surface area contributed by atoms with E-state index in [1.54, 1.807) is 6.92 Å². The number of likely N-dealkylation sites (N-methyl/N-ethyl adjacent to an activating group) is 1. The summed E-state index contributed by atoms with van der Waals surface area (Å²) >= 11 is 0. The number of anilines is 1. The number of halogens is 3. The Kier molecular flexibility index (Phi) is 7.83. The van der Waals surface area contributed by atoms with E-state index in [0.29, 0.717) is 6.07 Å². The minimum Gasteiger partial charge on any atom is -0.336 e. The molecule has 21 heavy (non-hydrogen) atoms. The molecule has 0 fully saturated rings. The summed E-state index contributed by atoms with van der Waals surface area (Å²) in [4.78, 5) is 24.6. The smallest absolute Gasteiger partial charge is 0.243 e. The third kappa shape index (κ3) is 6.05. The van der Waals surface area contributed by atoms with Crippen LogP contribution in [0.3, 0.4) is 0 Å². The fraction of sp³-hybridized carbons (Fsp3) is 0.385. The zero-order valence-electron chi connectivity index (χ0n) is 11.7. The average Bonchev–Trinajstić information content (AvgIpc) is 2.35. The van der Waals surface area contributed by atoms with Gasteiger partial charge in [0.25, 0.3) is 0 Å². The molecule has 1 aromatic rings. The van der Waals surface area contributed by atoms with Gasteiger partial charge >= 0.3 is 0 Å². The Morgan fingerprint density at radius 2 is 1.81 bits per heavy atom. The lowest BCUT2D eigenvalue weighted by molar-refractivity contribution is -0.136. The first-order valence-corrected chi connectivity index (χ1v) is 6.04. The van der Waals surface area contributed by atoms with E-state index in [4.69, 9.17) is 5.73 Å². The van der Waals surface area contributed by atoms with Crippen molar-refractivity contribution in [2.24, 2.45) is 11.7 Å². The van der Waals surface area contributed by atoms with Gasteiger partial charge in [-0.05, 0) is 12.1 Å². The molecule has 0 heterocycles. The number of carbonyl (C=O) groups is 2. The first-order chi connectivity index (χ1) is 9.33. The van der Waals surface area contributed by atoms with Crippen molar-refractivity contribution in [2.45, 2.75) is 6.92 Å². The highest BCUT2D eigenvalue weighted by Gasteiger charge is 2.18. The summed E-state index contributed by atoms with van der Waals surface area (Å²) in [5, 5.41) is 2.32. The van der Waals surface area contributed by atoms with Crippen LogP contribution in [0.15, 0.2) is 18.2 Å². The number of hydrogen-bond donors (Lipinski definition) is 2. The van der Waals surface area contributed by atoms with Gasteiger partial charge in [-0.1, -0.05) is 6.92 Å². The molecular weight excluding hydrogens is 304 g/mol. The predicted molar refractivity (Wildman–Crippen MR) is 78.1 cm³/mol. The van der Waals surface area contributed by atoms with E-state index in [-0.39, 0.29) is 43.0 Å². The molecule has 2 amide bonds. The second-order valence-corrected chi connectivity index (χ2v) is 4.54. The van der Waals surface area contributed by atoms with E-state index >= 15 is 0 Å². The van der Waals surface area contributed by atoms with Gasteiger partial charge in [-0.15, -0.1) is 12.4 Å². The molecule has 118 valence electrons. The highest BCUT2D eigenvalue weighted by molar-refractivity contribution is 5.94. The van der Waals surface area contributed by atoms with Crippen LogP contribution in [-0.2, 0) is 9.59 Å². The van der Waals surface area contributed by atoms with E-state index in [2.05, 4.69) is 5.32 Å². The van der Waals surface area contributed by atoms with Crippen molar-refractivity contribution in [3.63, 3.8) is 0 Å². The van der Waals surface area contributed by atoms with Crippen LogP contribution in [0.2, 0.25) is 0 Å². The fourth-order valence-corrected chi connectivity index (χ4v) is 1.60. The molecule has 1 aromatic carbocycles. The average molecular weight is 322 g/mol. The molecule has 0 saturated heterocycles. The lowest BCUT2D eigenvalue weighted by Gasteiger charge is -2.20. The second kappa shape index (κ2) is 8.53. The first kappa shape index (κ1) is 19.3. The number of rotatable bonds is 5. The molecule has 1 unspecified atom stereocenters. The Bertz CT molecular complexity index is 494. The largest absolute Gasteiger partial charge is 0.336 e. The molecule has 5 nitrogen and oxygen atoms in total. The van der Waals surface area contributed by atoms with E-state index in [1.807, 2.05) is 0 Å². The van der Waals surface area contributed by atoms with Crippen molar-refractivity contribution in [2.75, 3.05) is 25.5 Å². The van der Waals surface area contributed by atoms with Crippen LogP contribution < -0.4 is 11.1 Å². The summed E-state index contributed by atoms with van der Waals surface area (Å²) in [6.07, 6.45) is 0. The summed E-state index contributed by atoms with van der Waals surface area (Å²) in [6, 6.07) is 2.69. The van der Waals surface area contributed by atoms with Gasteiger partial charge in [0.15, 0.2) is 0 Å². The number of nitrogens with one attached hydrogen (secondary N) is 1. The number of nitrogens with two attached hydrogens (primary N) is 1. The monoisotopic (exact) mass is 321 g/mol. The van der Waals surface area contributed by atoms with Crippen molar-refractivity contribution in [1.29, 1.82) is 0 Å². The number of benzene rings is 1. The van der Waals surface area contributed by atoms with Crippen molar-refractivity contribution in [1.82, 2.24) is 4.90 Å². The Morgan fingerprint density at radius 1 is 1.29 bits per heavy atom. The van der Waals surface area contributed by atoms with E-state index in [9.17, 15) is 18.4 Å². The van der Waals surface area contributed by atoms with E-state index in [0.717, 1.165) is 12.1 Å². The van der Waals surface area contributed by atoms with Crippen LogP contribution in [0.25, 0.3) is 0 Å². The summed E-state index contributed by atoms with van der Waals surface area (Å²) in [7, 11) is 1.46. The van der Waals surface area contributed by atoms with Crippen molar-refractivity contribution >= 4 is 29.9 Å². The third-order valence-electron chi connectivity index (χ3n) is 2.68. The van der Waals surface area contributed by atoms with Gasteiger partial charge in [0.2, 0.25) is 11.8 Å². The van der Waals surface area contributed by atoms with Gasteiger partial charge in [-0.25, -0.2) is 8.78 Å². The highest BCUT2D eigenvalue weighted by Crippen LogP contribution is 2.12. The van der Waals surface area contributed by atoms with Crippen LogP contribution in [0.1, 0.15) is 6.92 Å². The number of carbonyl (C=O) groups excluding carboxylic acids is 2. The second-order valence-electron chi connectivity index (χ2n) is 4.54. The Morgan fingerprint density at radius 3 is 2.29 bits per heavy atom. The van der Waals surface area contributed by atoms with Gasteiger partial charge in [-0.2, -0.15) is 0 Å². The molecule has 0 aliphatic heterocycles. The summed E-state index contributed by atoms with van der Waals surface area (Å²) in [5.41, 5.74) is 5.37. The Hall–Kier alpha value is -1.73. The summed E-state index contributed by atoms with van der Waals surface area (Å²) in [5.74, 6) is -2.79. The SMILES string of the molecule is CC(CN)C(=O)N(C)CC(=O)Nc1cc(F)cc(F)c1.Cl. The summed E-state index contributed by atoms with van der Waals surface area (Å²) in [6.45, 7) is 1.61. The molecule has 1 rings (SSSR count). The molecule has 3 N–H and O–H groups in total. The van der Waals surface area contributed by atoms with Crippen molar-refractivity contribution in [3.05, 3.63) is 29.8 Å². The fourth-order valence-electron chi connectivity index (χ4n) is 1.60. The normalized spacial score (nSPS) is 11.3. The maximum atomic E-state index is 13.0. The van der Waals surface area contributed by atoms with E-state index in [1.165, 1.54) is 11.9 Å². The predicted octanol–water partition coefficient (Wildman–Crippen LogP) is 1.38. The maximum absolute atomic E-state index is 13.0. The first-order valence-electron chi connectivity index (χ1n) is 6.04. The van der Waals surface area contributed by atoms with Crippen LogP contribution in [0.4, 0.5) is 14.5 Å². The number of hydrogen-bond acceptors (Lipinski definition) is 3. The van der Waals surface area contributed by atoms with Gasteiger partial charge in [-0.3, -0.25) is 9.59 Å². The van der Waals surface area contributed by atoms with Crippen LogP contribution in [-0.4, -0.2) is 36.9 Å². The molecule has 0 spiro atoms. The minimum atomic E-state index is -0.790. The number of amides is 2. The molecule has 0 bridgehead atoms. The lowest BCUT2D eigenvalue weighted by Crippen LogP contribution is -2.39. The zero-order chi connectivity index (χ0) is 15.3. The Labute approximate surface area is 127 Å². The lowest BCUT2D eigenvalue weighted by atomic mass is 10.1. The molecule has 0 saturated carbocycles. The van der Waals surface area contributed by atoms with Crippen LogP contribution in [0, 0.1) is 17.6 Å². The maximum Gasteiger partial charge on any atom is 0.243 e. The van der Waals surface area contributed by atoms with Crippen LogP contribution in [0.5, 0.6) is 0 Å². The van der Waals surface area contributed by atoms with E-state index < -0.39 is 17.5 Å². The quantitative estimate of drug-likeness (QED) is 0.860. The molecular formula is C13H18ClF2N3O2. The third-order valence-corrected chi connectivity index (χ3v) is 2.68. The van der Waals surface area contributed by atoms with Gasteiger partial charge in [0.1, 0.15) is 11.6 Å². The number of nitrogens with zero attached hydrogens (tertiary/aromatic N) is 1. The molecule has 0 aliphatic rings. The zero-order valence-corrected chi connectivity index (χ0v) is 12.5. The molecule has 0 aromatic heterocycles. The van der Waals surface area contributed by atoms with Crippen molar-refractivity contribution < 1.29 is 18.4 Å². The van der Waals surface area contributed by atoms with Gasteiger partial charge < -0.3 is 16.0 Å². The minimum absolute atomic E-state index is 0. The van der Waals surface area contributed by atoms with Gasteiger partial charge in [0.05, 0.1) is 6.54 Å². The van der Waals surface area contributed by atoms with Gasteiger partial charge in [0, 0.05) is 31.3 Å². The molecule has 0 radical (unpaired) electrons.